The largest absolute Gasteiger partial charge is 0.497 e. The van der Waals surface area contributed by atoms with Gasteiger partial charge in [0, 0.05) is 11.6 Å². The van der Waals surface area contributed by atoms with E-state index in [1.54, 1.807) is 7.11 Å². The summed E-state index contributed by atoms with van der Waals surface area (Å²) in [6, 6.07) is 7.66. The zero-order chi connectivity index (χ0) is 14.4. The van der Waals surface area contributed by atoms with Gasteiger partial charge in [0.05, 0.1) is 20.3 Å². The molecule has 1 aromatic rings. The molecule has 0 bridgehead atoms. The average Bonchev–Trinajstić information content (AvgIpc) is 2.91. The van der Waals surface area contributed by atoms with Crippen LogP contribution in [-0.2, 0) is 0 Å². The predicted molar refractivity (Wildman–Crippen MR) is 79.3 cm³/mol. The molecule has 0 amide bonds. The molecule has 1 saturated carbocycles. The molecule has 4 nitrogen and oxygen atoms in total. The van der Waals surface area contributed by atoms with Crippen molar-refractivity contribution in [1.82, 2.24) is 5.32 Å². The molecular formula is C16H25NO3. The summed E-state index contributed by atoms with van der Waals surface area (Å²) < 4.78 is 11.0. The molecule has 4 heteroatoms. The van der Waals surface area contributed by atoms with E-state index in [4.69, 9.17) is 9.47 Å². The molecule has 2 unspecified atom stereocenters. The molecule has 0 spiro atoms. The Hall–Kier alpha value is -1.26. The smallest absolute Gasteiger partial charge is 0.122 e. The third-order valence-corrected chi connectivity index (χ3v) is 4.51. The van der Waals surface area contributed by atoms with E-state index in [1.807, 2.05) is 31.3 Å². The van der Waals surface area contributed by atoms with Crippen LogP contribution in [-0.4, -0.2) is 38.0 Å². The zero-order valence-corrected chi connectivity index (χ0v) is 12.4. The highest BCUT2D eigenvalue weighted by Gasteiger charge is 2.40. The van der Waals surface area contributed by atoms with Gasteiger partial charge < -0.3 is 19.9 Å². The lowest BCUT2D eigenvalue weighted by Gasteiger charge is -2.33. The van der Waals surface area contributed by atoms with Crippen LogP contribution in [0.3, 0.4) is 0 Å². The van der Waals surface area contributed by atoms with Crippen LogP contribution in [0, 0.1) is 5.92 Å². The summed E-state index contributed by atoms with van der Waals surface area (Å²) in [5, 5.41) is 13.0. The number of likely N-dealkylation sites (N-methyl/N-ethyl adjacent to an activating group) is 1. The van der Waals surface area contributed by atoms with Crippen LogP contribution in [0.25, 0.3) is 0 Å². The SMILES string of the molecule is CNC1(CO)CCCC1CCOc1cccc(OC)c1. The molecule has 0 heterocycles. The normalized spacial score (nSPS) is 25.6. The maximum Gasteiger partial charge on any atom is 0.122 e. The van der Waals surface area contributed by atoms with E-state index in [0.29, 0.717) is 12.5 Å². The van der Waals surface area contributed by atoms with Crippen molar-refractivity contribution < 1.29 is 14.6 Å². The number of methoxy groups -OCH3 is 1. The number of ether oxygens (including phenoxy) is 2. The minimum absolute atomic E-state index is 0.113. The molecule has 112 valence electrons. The number of benzene rings is 1. The Morgan fingerprint density at radius 1 is 1.40 bits per heavy atom. The summed E-state index contributed by atoms with van der Waals surface area (Å²) in [5.74, 6) is 2.12. The van der Waals surface area contributed by atoms with Gasteiger partial charge in [0.15, 0.2) is 0 Å². The first-order valence-corrected chi connectivity index (χ1v) is 7.31. The third-order valence-electron chi connectivity index (χ3n) is 4.51. The van der Waals surface area contributed by atoms with Gasteiger partial charge in [0.25, 0.3) is 0 Å². The molecule has 1 fully saturated rings. The van der Waals surface area contributed by atoms with Gasteiger partial charge in [0.1, 0.15) is 11.5 Å². The molecule has 2 atom stereocenters. The van der Waals surface area contributed by atoms with Crippen LogP contribution in [0.15, 0.2) is 24.3 Å². The Balaban J connectivity index is 1.86. The molecule has 0 radical (unpaired) electrons. The van der Waals surface area contributed by atoms with E-state index in [9.17, 15) is 5.11 Å². The van der Waals surface area contributed by atoms with Crippen molar-refractivity contribution >= 4 is 0 Å². The second-order valence-corrected chi connectivity index (χ2v) is 5.47. The Kier molecular flexibility index (Phi) is 5.26. The summed E-state index contributed by atoms with van der Waals surface area (Å²) in [6.07, 6.45) is 4.33. The van der Waals surface area contributed by atoms with Gasteiger partial charge in [0.2, 0.25) is 0 Å². The molecule has 2 N–H and O–H groups in total. The first-order chi connectivity index (χ1) is 9.74. The number of hydrogen-bond donors (Lipinski definition) is 2. The number of rotatable bonds is 7. The second kappa shape index (κ2) is 6.95. The fourth-order valence-electron chi connectivity index (χ4n) is 3.19. The van der Waals surface area contributed by atoms with Crippen molar-refractivity contribution in [2.24, 2.45) is 5.92 Å². The molecule has 1 aliphatic rings. The van der Waals surface area contributed by atoms with Gasteiger partial charge in [-0.1, -0.05) is 12.5 Å². The Morgan fingerprint density at radius 3 is 2.90 bits per heavy atom. The first-order valence-electron chi connectivity index (χ1n) is 7.31. The molecule has 20 heavy (non-hydrogen) atoms. The Bertz CT molecular complexity index is 418. The summed E-state index contributed by atoms with van der Waals surface area (Å²) in [7, 11) is 3.59. The summed E-state index contributed by atoms with van der Waals surface area (Å²) in [6.45, 7) is 0.870. The van der Waals surface area contributed by atoms with Crippen molar-refractivity contribution in [3.05, 3.63) is 24.3 Å². The second-order valence-electron chi connectivity index (χ2n) is 5.47. The maximum absolute atomic E-state index is 9.65. The van der Waals surface area contributed by atoms with E-state index in [-0.39, 0.29) is 12.1 Å². The van der Waals surface area contributed by atoms with Crippen LogP contribution in [0.5, 0.6) is 11.5 Å². The molecule has 0 aliphatic heterocycles. The van der Waals surface area contributed by atoms with Crippen LogP contribution >= 0.6 is 0 Å². The van der Waals surface area contributed by atoms with Gasteiger partial charge >= 0.3 is 0 Å². The highest BCUT2D eigenvalue weighted by atomic mass is 16.5. The van der Waals surface area contributed by atoms with E-state index >= 15 is 0 Å². The highest BCUT2D eigenvalue weighted by molar-refractivity contribution is 5.32. The topological polar surface area (TPSA) is 50.7 Å². The summed E-state index contributed by atoms with van der Waals surface area (Å²) in [5.41, 5.74) is -0.113. The van der Waals surface area contributed by atoms with E-state index in [2.05, 4.69) is 5.32 Å². The minimum atomic E-state index is -0.113. The van der Waals surface area contributed by atoms with Crippen LogP contribution in [0.2, 0.25) is 0 Å². The number of aliphatic hydroxyl groups excluding tert-OH is 1. The lowest BCUT2D eigenvalue weighted by atomic mass is 9.86. The Labute approximate surface area is 121 Å². The first kappa shape index (κ1) is 15.1. The fourth-order valence-corrected chi connectivity index (χ4v) is 3.19. The average molecular weight is 279 g/mol. The molecule has 1 aromatic carbocycles. The summed E-state index contributed by atoms with van der Waals surface area (Å²) in [4.78, 5) is 0. The highest BCUT2D eigenvalue weighted by Crippen LogP contribution is 2.37. The molecular weight excluding hydrogens is 254 g/mol. The Morgan fingerprint density at radius 2 is 2.20 bits per heavy atom. The molecule has 0 aromatic heterocycles. The zero-order valence-electron chi connectivity index (χ0n) is 12.4. The lowest BCUT2D eigenvalue weighted by Crippen LogP contribution is -2.49. The van der Waals surface area contributed by atoms with Crippen molar-refractivity contribution in [2.75, 3.05) is 27.4 Å². The standard InChI is InChI=1S/C16H25NO3/c1-17-16(12-18)9-4-5-13(16)8-10-20-15-7-3-6-14(11-15)19-2/h3,6-7,11,13,17-18H,4-5,8-10,12H2,1-2H3. The van der Waals surface area contributed by atoms with Gasteiger partial charge in [-0.25, -0.2) is 0 Å². The van der Waals surface area contributed by atoms with E-state index < -0.39 is 0 Å². The van der Waals surface area contributed by atoms with Crippen molar-refractivity contribution in [3.8, 4) is 11.5 Å². The van der Waals surface area contributed by atoms with E-state index in [1.165, 1.54) is 6.42 Å². The molecule has 0 saturated heterocycles. The number of nitrogens with one attached hydrogen (secondary N) is 1. The van der Waals surface area contributed by atoms with Gasteiger partial charge in [-0.05, 0) is 44.4 Å². The monoisotopic (exact) mass is 279 g/mol. The quantitative estimate of drug-likeness (QED) is 0.803. The van der Waals surface area contributed by atoms with Crippen LogP contribution in [0.4, 0.5) is 0 Å². The van der Waals surface area contributed by atoms with Gasteiger partial charge in [-0.15, -0.1) is 0 Å². The minimum Gasteiger partial charge on any atom is -0.497 e. The predicted octanol–water partition coefficient (Wildman–Crippen LogP) is 2.21. The number of aliphatic hydroxyl groups is 1. The lowest BCUT2D eigenvalue weighted by molar-refractivity contribution is 0.117. The van der Waals surface area contributed by atoms with Crippen molar-refractivity contribution in [3.63, 3.8) is 0 Å². The van der Waals surface area contributed by atoms with E-state index in [0.717, 1.165) is 30.8 Å². The van der Waals surface area contributed by atoms with Crippen LogP contribution < -0.4 is 14.8 Å². The van der Waals surface area contributed by atoms with Gasteiger partial charge in [-0.3, -0.25) is 0 Å². The fraction of sp³-hybridized carbons (Fsp3) is 0.625. The van der Waals surface area contributed by atoms with Crippen molar-refractivity contribution in [1.29, 1.82) is 0 Å². The maximum atomic E-state index is 9.65. The summed E-state index contributed by atoms with van der Waals surface area (Å²) >= 11 is 0. The van der Waals surface area contributed by atoms with Crippen LogP contribution in [0.1, 0.15) is 25.7 Å². The number of hydrogen-bond acceptors (Lipinski definition) is 4. The van der Waals surface area contributed by atoms with Crippen molar-refractivity contribution in [2.45, 2.75) is 31.2 Å². The third kappa shape index (κ3) is 3.25. The van der Waals surface area contributed by atoms with Gasteiger partial charge in [-0.2, -0.15) is 0 Å². The molecule has 1 aliphatic carbocycles. The molecule has 2 rings (SSSR count).